The summed E-state index contributed by atoms with van der Waals surface area (Å²) in [5, 5.41) is 3.17. The lowest BCUT2D eigenvalue weighted by molar-refractivity contribution is -0.136. The van der Waals surface area contributed by atoms with Crippen LogP contribution in [0.25, 0.3) is 0 Å². The number of aryl methyl sites for hydroxylation is 1. The van der Waals surface area contributed by atoms with Gasteiger partial charge < -0.3 is 9.80 Å². The number of aromatic nitrogens is 1. The molecule has 106 valence electrons. The number of hydrogen-bond donors (Lipinski definition) is 0. The Bertz CT molecular complexity index is 420. The van der Waals surface area contributed by atoms with Gasteiger partial charge in [-0.25, -0.2) is 4.98 Å². The van der Waals surface area contributed by atoms with E-state index in [2.05, 4.69) is 29.1 Å². The molecule has 0 aromatic carbocycles. The highest BCUT2D eigenvalue weighted by atomic mass is 32.1. The number of nitrogens with zero attached hydrogens (tertiary/aromatic N) is 3. The van der Waals surface area contributed by atoms with Crippen LogP contribution in [0.3, 0.4) is 0 Å². The number of carbonyl (C=O) groups is 1. The quantitative estimate of drug-likeness (QED) is 0.851. The van der Waals surface area contributed by atoms with Crippen LogP contribution in [0, 0.1) is 12.8 Å². The van der Waals surface area contributed by atoms with Crippen molar-refractivity contribution in [1.82, 2.24) is 9.88 Å². The van der Waals surface area contributed by atoms with Crippen LogP contribution in [0.1, 0.15) is 32.4 Å². The van der Waals surface area contributed by atoms with Crippen LogP contribution in [-0.2, 0) is 4.79 Å². The lowest BCUT2D eigenvalue weighted by atomic mass is 10.0. The highest BCUT2D eigenvalue weighted by Crippen LogP contribution is 2.22. The number of hydrogen-bond acceptors (Lipinski definition) is 4. The molecule has 0 atom stereocenters. The molecule has 1 amide bonds. The number of carbonyl (C=O) groups excluding carboxylic acids is 1. The maximum atomic E-state index is 12.3. The van der Waals surface area contributed by atoms with Crippen LogP contribution in [0.2, 0.25) is 0 Å². The first-order valence-electron chi connectivity index (χ1n) is 7.11. The van der Waals surface area contributed by atoms with E-state index in [1.165, 1.54) is 0 Å². The molecule has 0 bridgehead atoms. The number of anilines is 1. The molecule has 0 aliphatic carbocycles. The minimum absolute atomic E-state index is 0.202. The van der Waals surface area contributed by atoms with Gasteiger partial charge >= 0.3 is 0 Å². The largest absolute Gasteiger partial charge is 0.345 e. The fraction of sp³-hybridized carbons (Fsp3) is 0.714. The Morgan fingerprint density at radius 3 is 2.42 bits per heavy atom. The summed E-state index contributed by atoms with van der Waals surface area (Å²) in [6.45, 7) is 9.67. The van der Waals surface area contributed by atoms with Gasteiger partial charge in [0.05, 0.1) is 5.69 Å². The van der Waals surface area contributed by atoms with E-state index in [4.69, 9.17) is 0 Å². The third-order valence-electron chi connectivity index (χ3n) is 3.80. The summed E-state index contributed by atoms with van der Waals surface area (Å²) in [5.41, 5.74) is 1.08. The van der Waals surface area contributed by atoms with Crippen molar-refractivity contribution < 1.29 is 4.79 Å². The first-order chi connectivity index (χ1) is 9.15. The second-order valence-electron chi connectivity index (χ2n) is 5.10. The SMILES string of the molecule is CCC(CC)C(=O)N1CCN(c2nc(C)cs2)CC1. The van der Waals surface area contributed by atoms with Gasteiger partial charge in [-0.15, -0.1) is 11.3 Å². The molecular weight excluding hydrogens is 258 g/mol. The van der Waals surface area contributed by atoms with Crippen LogP contribution in [0.4, 0.5) is 5.13 Å². The molecule has 0 saturated carbocycles. The minimum atomic E-state index is 0.202. The highest BCUT2D eigenvalue weighted by molar-refractivity contribution is 7.13. The van der Waals surface area contributed by atoms with Crippen molar-refractivity contribution >= 4 is 22.4 Å². The zero-order valence-electron chi connectivity index (χ0n) is 12.1. The van der Waals surface area contributed by atoms with Gasteiger partial charge in [0.15, 0.2) is 5.13 Å². The monoisotopic (exact) mass is 281 g/mol. The number of thiazole rings is 1. The molecule has 0 radical (unpaired) electrons. The average molecular weight is 281 g/mol. The van der Waals surface area contributed by atoms with E-state index in [9.17, 15) is 4.79 Å². The smallest absolute Gasteiger partial charge is 0.225 e. The van der Waals surface area contributed by atoms with Gasteiger partial charge in [0, 0.05) is 37.5 Å². The van der Waals surface area contributed by atoms with Gasteiger partial charge in [-0.3, -0.25) is 4.79 Å². The lowest BCUT2D eigenvalue weighted by Gasteiger charge is -2.36. The van der Waals surface area contributed by atoms with Crippen molar-refractivity contribution in [2.45, 2.75) is 33.6 Å². The Morgan fingerprint density at radius 2 is 1.95 bits per heavy atom. The van der Waals surface area contributed by atoms with Crippen LogP contribution >= 0.6 is 11.3 Å². The van der Waals surface area contributed by atoms with Gasteiger partial charge in [-0.1, -0.05) is 13.8 Å². The van der Waals surface area contributed by atoms with E-state index in [1.807, 2.05) is 11.8 Å². The van der Waals surface area contributed by atoms with E-state index in [1.54, 1.807) is 11.3 Å². The summed E-state index contributed by atoms with van der Waals surface area (Å²) in [4.78, 5) is 21.1. The van der Waals surface area contributed by atoms with Crippen LogP contribution in [-0.4, -0.2) is 42.0 Å². The molecule has 1 saturated heterocycles. The fourth-order valence-corrected chi connectivity index (χ4v) is 3.36. The van der Waals surface area contributed by atoms with Crippen LogP contribution in [0.15, 0.2) is 5.38 Å². The van der Waals surface area contributed by atoms with Crippen molar-refractivity contribution in [3.63, 3.8) is 0 Å². The fourth-order valence-electron chi connectivity index (χ4n) is 2.50. The van der Waals surface area contributed by atoms with E-state index in [0.29, 0.717) is 5.91 Å². The zero-order chi connectivity index (χ0) is 13.8. The maximum absolute atomic E-state index is 12.3. The normalized spacial score (nSPS) is 16.2. The molecule has 1 aromatic rings. The molecule has 5 heteroatoms. The van der Waals surface area contributed by atoms with E-state index in [-0.39, 0.29) is 5.92 Å². The maximum Gasteiger partial charge on any atom is 0.225 e. The highest BCUT2D eigenvalue weighted by Gasteiger charge is 2.26. The van der Waals surface area contributed by atoms with Gasteiger partial charge in [0.2, 0.25) is 5.91 Å². The standard InChI is InChI=1S/C14H23N3OS/c1-4-12(5-2)13(18)16-6-8-17(9-7-16)14-15-11(3)10-19-14/h10,12H,4-9H2,1-3H3. The molecule has 2 rings (SSSR count). The van der Waals surface area contributed by atoms with Crippen LogP contribution in [0.5, 0.6) is 0 Å². The summed E-state index contributed by atoms with van der Waals surface area (Å²) in [6, 6.07) is 0. The molecule has 1 aliphatic rings. The summed E-state index contributed by atoms with van der Waals surface area (Å²) in [6.07, 6.45) is 1.89. The lowest BCUT2D eigenvalue weighted by Crippen LogP contribution is -2.50. The van der Waals surface area contributed by atoms with Crippen molar-refractivity contribution in [3.05, 3.63) is 11.1 Å². The van der Waals surface area contributed by atoms with Crippen molar-refractivity contribution in [2.24, 2.45) is 5.92 Å². The van der Waals surface area contributed by atoms with E-state index < -0.39 is 0 Å². The van der Waals surface area contributed by atoms with Gasteiger partial charge in [0.1, 0.15) is 0 Å². The molecule has 1 aromatic heterocycles. The third kappa shape index (κ3) is 3.26. The summed E-state index contributed by atoms with van der Waals surface area (Å²) < 4.78 is 0. The van der Waals surface area contributed by atoms with Crippen molar-refractivity contribution in [3.8, 4) is 0 Å². The summed E-state index contributed by atoms with van der Waals surface area (Å²) in [5.74, 6) is 0.536. The molecule has 0 unspecified atom stereocenters. The Hall–Kier alpha value is -1.10. The average Bonchev–Trinajstić information content (AvgIpc) is 2.87. The zero-order valence-corrected chi connectivity index (χ0v) is 12.9. The second kappa shape index (κ2) is 6.37. The third-order valence-corrected chi connectivity index (χ3v) is 4.82. The van der Waals surface area contributed by atoms with Crippen molar-refractivity contribution in [1.29, 1.82) is 0 Å². The second-order valence-corrected chi connectivity index (χ2v) is 5.93. The number of amides is 1. The predicted molar refractivity (Wildman–Crippen MR) is 79.7 cm³/mol. The van der Waals surface area contributed by atoms with Crippen molar-refractivity contribution in [2.75, 3.05) is 31.1 Å². The van der Waals surface area contributed by atoms with Gasteiger partial charge in [0.25, 0.3) is 0 Å². The molecule has 0 N–H and O–H groups in total. The Morgan fingerprint density at radius 1 is 1.32 bits per heavy atom. The Balaban J connectivity index is 1.90. The predicted octanol–water partition coefficient (Wildman–Crippen LogP) is 2.54. The Labute approximate surface area is 119 Å². The molecule has 1 fully saturated rings. The first kappa shape index (κ1) is 14.3. The van der Waals surface area contributed by atoms with E-state index >= 15 is 0 Å². The van der Waals surface area contributed by atoms with Crippen LogP contribution < -0.4 is 4.90 Å². The van der Waals surface area contributed by atoms with E-state index in [0.717, 1.165) is 49.8 Å². The first-order valence-corrected chi connectivity index (χ1v) is 7.99. The molecule has 1 aliphatic heterocycles. The molecule has 19 heavy (non-hydrogen) atoms. The molecular formula is C14H23N3OS. The number of piperazine rings is 1. The van der Waals surface area contributed by atoms with Gasteiger partial charge in [-0.05, 0) is 19.8 Å². The summed E-state index contributed by atoms with van der Waals surface area (Å²) >= 11 is 1.69. The minimum Gasteiger partial charge on any atom is -0.345 e. The molecule has 0 spiro atoms. The molecule has 4 nitrogen and oxygen atoms in total. The summed E-state index contributed by atoms with van der Waals surface area (Å²) in [7, 11) is 0. The molecule has 2 heterocycles. The van der Waals surface area contributed by atoms with Gasteiger partial charge in [-0.2, -0.15) is 0 Å². The topological polar surface area (TPSA) is 36.4 Å². The Kier molecular flexibility index (Phi) is 4.80. The number of rotatable bonds is 4.